The van der Waals surface area contributed by atoms with Crippen molar-refractivity contribution in [2.24, 2.45) is 5.73 Å². The van der Waals surface area contributed by atoms with Gasteiger partial charge in [0.15, 0.2) is 0 Å². The molecule has 0 radical (unpaired) electrons. The summed E-state index contributed by atoms with van der Waals surface area (Å²) in [5.41, 5.74) is 8.62. The number of aryl methyl sites for hydroxylation is 1. The summed E-state index contributed by atoms with van der Waals surface area (Å²) < 4.78 is 11.4. The Labute approximate surface area is 130 Å². The van der Waals surface area contributed by atoms with E-state index in [-0.39, 0.29) is 12.1 Å². The number of thiophene rings is 1. The van der Waals surface area contributed by atoms with Crippen molar-refractivity contribution < 1.29 is 9.47 Å². The highest BCUT2D eigenvalue weighted by Crippen LogP contribution is 2.31. The first-order valence-corrected chi connectivity index (χ1v) is 8.07. The van der Waals surface area contributed by atoms with E-state index in [1.807, 2.05) is 24.3 Å². The summed E-state index contributed by atoms with van der Waals surface area (Å²) in [6, 6.07) is 10.1. The second kappa shape index (κ2) is 7.59. The van der Waals surface area contributed by atoms with Gasteiger partial charge >= 0.3 is 0 Å². The Morgan fingerprint density at radius 2 is 2.10 bits per heavy atom. The summed E-state index contributed by atoms with van der Waals surface area (Å²) in [5, 5.41) is 2.09. The first kappa shape index (κ1) is 16.0. The number of nitrogens with two attached hydrogens (primary N) is 1. The van der Waals surface area contributed by atoms with E-state index in [0.717, 1.165) is 17.7 Å². The molecule has 0 aliphatic rings. The van der Waals surface area contributed by atoms with Crippen molar-refractivity contribution in [2.45, 2.75) is 39.0 Å². The molecular weight excluding hydrogens is 282 g/mol. The minimum Gasteiger partial charge on any atom is -0.483 e. The second-order valence-electron chi connectivity index (χ2n) is 5.16. The fourth-order valence-corrected chi connectivity index (χ4v) is 3.28. The van der Waals surface area contributed by atoms with Crippen LogP contribution in [-0.4, -0.2) is 13.2 Å². The molecular formula is C17H23NO2S. The number of rotatable bonds is 7. The van der Waals surface area contributed by atoms with Crippen molar-refractivity contribution in [1.29, 1.82) is 0 Å². The van der Waals surface area contributed by atoms with Crippen LogP contribution in [0.5, 0.6) is 5.75 Å². The molecule has 2 unspecified atom stereocenters. The van der Waals surface area contributed by atoms with Gasteiger partial charge in [0.1, 0.15) is 11.9 Å². The molecule has 0 spiro atoms. The van der Waals surface area contributed by atoms with Crippen molar-refractivity contribution in [3.63, 3.8) is 0 Å². The van der Waals surface area contributed by atoms with Gasteiger partial charge in [0, 0.05) is 18.0 Å². The molecule has 0 amide bonds. The van der Waals surface area contributed by atoms with Crippen LogP contribution < -0.4 is 10.5 Å². The standard InChI is InChI=1S/C17H23NO2S/c1-4-15(18)16(17-12(2)8-9-21-17)20-14-7-5-6-13(10-14)11-19-3/h5-10,15-16H,4,11,18H2,1-3H3. The van der Waals surface area contributed by atoms with Crippen molar-refractivity contribution in [3.05, 3.63) is 51.7 Å². The largest absolute Gasteiger partial charge is 0.483 e. The van der Waals surface area contributed by atoms with Crippen LogP contribution in [-0.2, 0) is 11.3 Å². The van der Waals surface area contributed by atoms with E-state index in [1.165, 1.54) is 10.4 Å². The Bertz CT molecular complexity index is 567. The normalized spacial score (nSPS) is 13.9. The van der Waals surface area contributed by atoms with Crippen LogP contribution in [0.15, 0.2) is 35.7 Å². The zero-order valence-electron chi connectivity index (χ0n) is 12.8. The molecule has 21 heavy (non-hydrogen) atoms. The molecule has 3 nitrogen and oxygen atoms in total. The fraction of sp³-hybridized carbons (Fsp3) is 0.412. The van der Waals surface area contributed by atoms with Gasteiger partial charge in [0.05, 0.1) is 6.61 Å². The van der Waals surface area contributed by atoms with E-state index in [2.05, 4.69) is 25.3 Å². The average molecular weight is 305 g/mol. The summed E-state index contributed by atoms with van der Waals surface area (Å²) in [6.07, 6.45) is 0.771. The fourth-order valence-electron chi connectivity index (χ4n) is 2.25. The van der Waals surface area contributed by atoms with Gasteiger partial charge in [-0.25, -0.2) is 0 Å². The summed E-state index contributed by atoms with van der Waals surface area (Å²) >= 11 is 1.71. The first-order valence-electron chi connectivity index (χ1n) is 7.19. The molecule has 1 aromatic heterocycles. The van der Waals surface area contributed by atoms with Crippen LogP contribution in [0.1, 0.15) is 35.5 Å². The number of methoxy groups -OCH3 is 1. The van der Waals surface area contributed by atoms with Crippen LogP contribution in [0.4, 0.5) is 0 Å². The van der Waals surface area contributed by atoms with Gasteiger partial charge in [0.2, 0.25) is 0 Å². The molecule has 0 aliphatic heterocycles. The third-order valence-electron chi connectivity index (χ3n) is 3.49. The lowest BCUT2D eigenvalue weighted by Gasteiger charge is -2.24. The maximum absolute atomic E-state index is 6.28. The van der Waals surface area contributed by atoms with E-state index < -0.39 is 0 Å². The topological polar surface area (TPSA) is 44.5 Å². The highest BCUT2D eigenvalue weighted by atomic mass is 32.1. The van der Waals surface area contributed by atoms with Crippen molar-refractivity contribution in [3.8, 4) is 5.75 Å². The zero-order chi connectivity index (χ0) is 15.2. The molecule has 1 heterocycles. The van der Waals surface area contributed by atoms with E-state index in [0.29, 0.717) is 6.61 Å². The molecule has 0 saturated carbocycles. The Hall–Kier alpha value is -1.36. The number of benzene rings is 1. The predicted octanol–water partition coefficient (Wildman–Crippen LogP) is 4.06. The maximum atomic E-state index is 6.28. The Morgan fingerprint density at radius 1 is 1.29 bits per heavy atom. The molecule has 114 valence electrons. The van der Waals surface area contributed by atoms with Gasteiger partial charge < -0.3 is 15.2 Å². The minimum atomic E-state index is -0.104. The Kier molecular flexibility index (Phi) is 5.79. The summed E-state index contributed by atoms with van der Waals surface area (Å²) in [6.45, 7) is 4.77. The summed E-state index contributed by atoms with van der Waals surface area (Å²) in [7, 11) is 1.69. The van der Waals surface area contributed by atoms with Crippen LogP contribution in [0.2, 0.25) is 0 Å². The van der Waals surface area contributed by atoms with E-state index in [1.54, 1.807) is 18.4 Å². The van der Waals surface area contributed by atoms with Gasteiger partial charge in [-0.2, -0.15) is 0 Å². The monoisotopic (exact) mass is 305 g/mol. The molecule has 2 rings (SSSR count). The lowest BCUT2D eigenvalue weighted by Crippen LogP contribution is -2.31. The molecule has 2 N–H and O–H groups in total. The number of hydrogen-bond acceptors (Lipinski definition) is 4. The second-order valence-corrected chi connectivity index (χ2v) is 6.11. The molecule has 1 aromatic carbocycles. The van der Waals surface area contributed by atoms with Gasteiger partial charge in [-0.05, 0) is 48.1 Å². The van der Waals surface area contributed by atoms with E-state index >= 15 is 0 Å². The number of ether oxygens (including phenoxy) is 2. The maximum Gasteiger partial charge on any atom is 0.148 e. The lowest BCUT2D eigenvalue weighted by molar-refractivity contribution is 0.170. The summed E-state index contributed by atoms with van der Waals surface area (Å²) in [4.78, 5) is 1.21. The van der Waals surface area contributed by atoms with Gasteiger partial charge in [-0.3, -0.25) is 0 Å². The molecule has 4 heteroatoms. The first-order chi connectivity index (χ1) is 10.2. The highest BCUT2D eigenvalue weighted by Gasteiger charge is 2.23. The SMILES string of the molecule is CCC(N)C(Oc1cccc(COC)c1)c1sccc1C. The Balaban J connectivity index is 2.23. The van der Waals surface area contributed by atoms with E-state index in [4.69, 9.17) is 15.2 Å². The molecule has 0 saturated heterocycles. The molecule has 2 aromatic rings. The molecule has 0 bridgehead atoms. The molecule has 2 atom stereocenters. The van der Waals surface area contributed by atoms with Crippen LogP contribution in [0.3, 0.4) is 0 Å². The quantitative estimate of drug-likeness (QED) is 0.839. The van der Waals surface area contributed by atoms with Crippen LogP contribution in [0.25, 0.3) is 0 Å². The van der Waals surface area contributed by atoms with Gasteiger partial charge in [-0.1, -0.05) is 19.1 Å². The van der Waals surface area contributed by atoms with Crippen molar-refractivity contribution >= 4 is 11.3 Å². The third-order valence-corrected chi connectivity index (χ3v) is 4.57. The van der Waals surface area contributed by atoms with Crippen molar-refractivity contribution in [2.75, 3.05) is 7.11 Å². The van der Waals surface area contributed by atoms with Gasteiger partial charge in [0.25, 0.3) is 0 Å². The molecule has 0 aliphatic carbocycles. The van der Waals surface area contributed by atoms with Crippen molar-refractivity contribution in [1.82, 2.24) is 0 Å². The lowest BCUT2D eigenvalue weighted by atomic mass is 10.1. The van der Waals surface area contributed by atoms with Crippen LogP contribution >= 0.6 is 11.3 Å². The van der Waals surface area contributed by atoms with Gasteiger partial charge in [-0.15, -0.1) is 11.3 Å². The minimum absolute atomic E-state index is 0.0200. The van der Waals surface area contributed by atoms with E-state index in [9.17, 15) is 0 Å². The molecule has 0 fully saturated rings. The average Bonchev–Trinajstić information content (AvgIpc) is 2.91. The van der Waals surface area contributed by atoms with Crippen LogP contribution in [0, 0.1) is 6.92 Å². The Morgan fingerprint density at radius 3 is 2.71 bits per heavy atom. The third kappa shape index (κ3) is 4.06. The highest BCUT2D eigenvalue weighted by molar-refractivity contribution is 7.10. The predicted molar refractivity (Wildman–Crippen MR) is 87.8 cm³/mol. The number of hydrogen-bond donors (Lipinski definition) is 1. The smallest absolute Gasteiger partial charge is 0.148 e. The zero-order valence-corrected chi connectivity index (χ0v) is 13.7. The summed E-state index contributed by atoms with van der Waals surface area (Å²) in [5.74, 6) is 0.839.